The van der Waals surface area contributed by atoms with E-state index in [1.807, 2.05) is 6.92 Å². The summed E-state index contributed by atoms with van der Waals surface area (Å²) in [6, 6.07) is 0. The standard InChI is InChI=1S/C4H8Br2O/c1-3(5)4(6)2-7/h3-4,7H,2H2,1H3/t3-,4+/m0/s1. The van der Waals surface area contributed by atoms with Gasteiger partial charge in [-0.15, -0.1) is 0 Å². The molecule has 0 heterocycles. The number of hydrogen-bond acceptors (Lipinski definition) is 1. The van der Waals surface area contributed by atoms with Crippen molar-refractivity contribution in [2.45, 2.75) is 16.6 Å². The molecule has 7 heavy (non-hydrogen) atoms. The molecule has 0 unspecified atom stereocenters. The van der Waals surface area contributed by atoms with E-state index in [1.165, 1.54) is 0 Å². The van der Waals surface area contributed by atoms with Gasteiger partial charge in [0.1, 0.15) is 0 Å². The third-order valence-electron chi connectivity index (χ3n) is 0.673. The molecule has 2 atom stereocenters. The molecule has 0 aromatic heterocycles. The first-order valence-electron chi connectivity index (χ1n) is 2.07. The Morgan fingerprint density at radius 3 is 2.00 bits per heavy atom. The number of aliphatic hydroxyl groups is 1. The van der Waals surface area contributed by atoms with E-state index >= 15 is 0 Å². The lowest BCUT2D eigenvalue weighted by atomic mass is 10.4. The van der Waals surface area contributed by atoms with Gasteiger partial charge in [-0.2, -0.15) is 0 Å². The summed E-state index contributed by atoms with van der Waals surface area (Å²) < 4.78 is 0. The molecular weight excluding hydrogens is 224 g/mol. The van der Waals surface area contributed by atoms with Crippen LogP contribution in [0.1, 0.15) is 6.92 Å². The molecule has 0 radical (unpaired) electrons. The summed E-state index contributed by atoms with van der Waals surface area (Å²) in [5.74, 6) is 0. The van der Waals surface area contributed by atoms with Crippen LogP contribution in [0.25, 0.3) is 0 Å². The first-order valence-corrected chi connectivity index (χ1v) is 3.90. The van der Waals surface area contributed by atoms with Gasteiger partial charge in [0.2, 0.25) is 0 Å². The van der Waals surface area contributed by atoms with Crippen molar-refractivity contribution in [2.75, 3.05) is 6.61 Å². The van der Waals surface area contributed by atoms with Crippen LogP contribution >= 0.6 is 31.9 Å². The topological polar surface area (TPSA) is 20.2 Å². The average molecular weight is 232 g/mol. The second-order valence-electron chi connectivity index (χ2n) is 1.38. The molecule has 3 heteroatoms. The molecule has 0 aromatic rings. The van der Waals surface area contributed by atoms with Crippen LogP contribution < -0.4 is 0 Å². The molecule has 0 aliphatic rings. The fourth-order valence-corrected chi connectivity index (χ4v) is 0.312. The van der Waals surface area contributed by atoms with Crippen molar-refractivity contribution in [3.05, 3.63) is 0 Å². The number of alkyl halides is 2. The zero-order chi connectivity index (χ0) is 5.86. The van der Waals surface area contributed by atoms with E-state index in [9.17, 15) is 0 Å². The highest BCUT2D eigenvalue weighted by Gasteiger charge is 2.06. The van der Waals surface area contributed by atoms with E-state index in [0.717, 1.165) is 0 Å². The third kappa shape index (κ3) is 3.50. The molecule has 1 nitrogen and oxygen atoms in total. The minimum absolute atomic E-state index is 0.187. The molecule has 0 saturated carbocycles. The summed E-state index contributed by atoms with van der Waals surface area (Å²) in [6.07, 6.45) is 0. The summed E-state index contributed by atoms with van der Waals surface area (Å²) in [5.41, 5.74) is 0. The second kappa shape index (κ2) is 3.87. The van der Waals surface area contributed by atoms with Gasteiger partial charge < -0.3 is 5.11 Å². The Bertz CT molecular complexity index is 47.0. The van der Waals surface area contributed by atoms with Crippen molar-refractivity contribution in [2.24, 2.45) is 0 Å². The minimum Gasteiger partial charge on any atom is -0.395 e. The quantitative estimate of drug-likeness (QED) is 0.715. The highest BCUT2D eigenvalue weighted by Crippen LogP contribution is 2.11. The number of halogens is 2. The third-order valence-corrected chi connectivity index (χ3v) is 3.10. The Labute approximate surface area is 60.4 Å². The zero-order valence-electron chi connectivity index (χ0n) is 4.06. The molecule has 0 saturated heterocycles. The molecular formula is C4H8Br2O. The van der Waals surface area contributed by atoms with Crippen LogP contribution in [0.3, 0.4) is 0 Å². The van der Waals surface area contributed by atoms with Gasteiger partial charge in [-0.25, -0.2) is 0 Å². The Kier molecular flexibility index (Phi) is 4.37. The first kappa shape index (κ1) is 7.92. The van der Waals surface area contributed by atoms with E-state index < -0.39 is 0 Å². The highest BCUT2D eigenvalue weighted by molar-refractivity contribution is 9.12. The van der Waals surface area contributed by atoms with Gasteiger partial charge in [0.05, 0.1) is 6.61 Å². The van der Waals surface area contributed by atoms with Crippen molar-refractivity contribution < 1.29 is 5.11 Å². The summed E-state index contributed by atoms with van der Waals surface area (Å²) in [7, 11) is 0. The van der Waals surface area contributed by atoms with Gasteiger partial charge in [0, 0.05) is 9.65 Å². The van der Waals surface area contributed by atoms with Crippen molar-refractivity contribution in [1.29, 1.82) is 0 Å². The van der Waals surface area contributed by atoms with Gasteiger partial charge >= 0.3 is 0 Å². The molecule has 0 rings (SSSR count). The van der Waals surface area contributed by atoms with E-state index in [4.69, 9.17) is 5.11 Å². The van der Waals surface area contributed by atoms with Gasteiger partial charge in [-0.05, 0) is 0 Å². The summed E-state index contributed by atoms with van der Waals surface area (Å²) in [5, 5.41) is 8.43. The lowest BCUT2D eigenvalue weighted by Gasteiger charge is -2.05. The SMILES string of the molecule is C[C@H](Br)[C@H](Br)CO. The van der Waals surface area contributed by atoms with Gasteiger partial charge in [-0.3, -0.25) is 0 Å². The van der Waals surface area contributed by atoms with Crippen LogP contribution in [0.5, 0.6) is 0 Å². The molecule has 0 aliphatic carbocycles. The molecule has 0 bridgehead atoms. The Balaban J connectivity index is 3.14. The molecule has 0 spiro atoms. The largest absolute Gasteiger partial charge is 0.395 e. The number of aliphatic hydroxyl groups excluding tert-OH is 1. The van der Waals surface area contributed by atoms with E-state index in [2.05, 4.69) is 31.9 Å². The molecule has 0 aromatic carbocycles. The molecule has 0 aliphatic heterocycles. The lowest BCUT2D eigenvalue weighted by molar-refractivity contribution is 0.297. The van der Waals surface area contributed by atoms with Crippen molar-refractivity contribution in [1.82, 2.24) is 0 Å². The molecule has 0 fully saturated rings. The predicted octanol–water partition coefficient (Wildman–Crippen LogP) is 1.53. The lowest BCUT2D eigenvalue weighted by Crippen LogP contribution is -2.13. The molecule has 1 N–H and O–H groups in total. The van der Waals surface area contributed by atoms with Crippen molar-refractivity contribution in [3.8, 4) is 0 Å². The molecule has 0 amide bonds. The maximum atomic E-state index is 8.43. The van der Waals surface area contributed by atoms with Crippen LogP contribution in [0.2, 0.25) is 0 Å². The van der Waals surface area contributed by atoms with Crippen LogP contribution in [0.15, 0.2) is 0 Å². The van der Waals surface area contributed by atoms with Gasteiger partial charge in [-0.1, -0.05) is 38.8 Å². The zero-order valence-corrected chi connectivity index (χ0v) is 7.24. The monoisotopic (exact) mass is 230 g/mol. The number of hydrogen-bond donors (Lipinski definition) is 1. The van der Waals surface area contributed by atoms with Crippen LogP contribution in [0, 0.1) is 0 Å². The smallest absolute Gasteiger partial charge is 0.0567 e. The fraction of sp³-hybridized carbons (Fsp3) is 1.00. The Morgan fingerprint density at radius 2 is 2.00 bits per heavy atom. The first-order chi connectivity index (χ1) is 3.18. The summed E-state index contributed by atoms with van der Waals surface area (Å²) >= 11 is 6.54. The number of rotatable bonds is 2. The summed E-state index contributed by atoms with van der Waals surface area (Å²) in [6.45, 7) is 2.17. The van der Waals surface area contributed by atoms with Gasteiger partial charge in [0.15, 0.2) is 0 Å². The average Bonchev–Trinajstić information content (AvgIpc) is 1.65. The van der Waals surface area contributed by atoms with Crippen LogP contribution in [-0.2, 0) is 0 Å². The van der Waals surface area contributed by atoms with E-state index in [0.29, 0.717) is 4.83 Å². The Morgan fingerprint density at radius 1 is 1.57 bits per heavy atom. The molecule has 44 valence electrons. The second-order valence-corrected chi connectivity index (χ2v) is 4.00. The maximum Gasteiger partial charge on any atom is 0.0567 e. The Hall–Kier alpha value is 0.920. The minimum atomic E-state index is 0.187. The van der Waals surface area contributed by atoms with E-state index in [1.54, 1.807) is 0 Å². The van der Waals surface area contributed by atoms with Crippen LogP contribution in [0.4, 0.5) is 0 Å². The predicted molar refractivity (Wildman–Crippen MR) is 38.2 cm³/mol. The van der Waals surface area contributed by atoms with Crippen LogP contribution in [-0.4, -0.2) is 21.4 Å². The fourth-order valence-electron chi connectivity index (χ4n) is 0.145. The normalized spacial score (nSPS) is 18.9. The van der Waals surface area contributed by atoms with Gasteiger partial charge in [0.25, 0.3) is 0 Å². The van der Waals surface area contributed by atoms with E-state index in [-0.39, 0.29) is 11.4 Å². The van der Waals surface area contributed by atoms with Crippen molar-refractivity contribution >= 4 is 31.9 Å². The summed E-state index contributed by atoms with van der Waals surface area (Å²) in [4.78, 5) is 0.532. The highest BCUT2D eigenvalue weighted by atomic mass is 79.9. The van der Waals surface area contributed by atoms with Crippen molar-refractivity contribution in [3.63, 3.8) is 0 Å². The maximum absolute atomic E-state index is 8.43.